The molecule has 0 spiro atoms. The molecule has 0 atom stereocenters. The van der Waals surface area contributed by atoms with Gasteiger partial charge in [0, 0.05) is 16.9 Å². The van der Waals surface area contributed by atoms with E-state index in [2.05, 4.69) is 0 Å². The van der Waals surface area contributed by atoms with E-state index in [0.29, 0.717) is 16.7 Å². The normalized spacial score (nSPS) is 14.0. The summed E-state index contributed by atoms with van der Waals surface area (Å²) in [7, 11) is 0. The Bertz CT molecular complexity index is 820. The molecule has 2 aromatic carbocycles. The minimum atomic E-state index is -0.633. The van der Waals surface area contributed by atoms with Gasteiger partial charge in [-0.05, 0) is 17.7 Å². The molecule has 25 heavy (non-hydrogen) atoms. The third-order valence-corrected chi connectivity index (χ3v) is 5.05. The van der Waals surface area contributed by atoms with Crippen LogP contribution in [0.3, 0.4) is 0 Å². The summed E-state index contributed by atoms with van der Waals surface area (Å²) in [5.41, 5.74) is 1.59. The fraction of sp³-hybridized carbons (Fsp3) is 0.250. The van der Waals surface area contributed by atoms with Crippen molar-refractivity contribution in [3.63, 3.8) is 0 Å². The largest absolute Gasteiger partial charge is 0.294 e. The minimum absolute atomic E-state index is 0.0326. The number of amides is 2. The van der Waals surface area contributed by atoms with Gasteiger partial charge in [-0.3, -0.25) is 19.3 Å². The lowest BCUT2D eigenvalue weighted by Crippen LogP contribution is -2.29. The number of rotatable bonds is 5. The summed E-state index contributed by atoms with van der Waals surface area (Å²) in [6, 6.07) is 13.8. The maximum Gasteiger partial charge on any atom is 0.261 e. The van der Waals surface area contributed by atoms with Crippen molar-refractivity contribution < 1.29 is 14.4 Å². The highest BCUT2D eigenvalue weighted by atomic mass is 35.5. The van der Waals surface area contributed by atoms with Crippen molar-refractivity contribution in [1.82, 2.24) is 4.90 Å². The molecule has 3 rings (SSSR count). The molecular weight excluding hydrogens is 338 g/mol. The van der Waals surface area contributed by atoms with Crippen molar-refractivity contribution >= 4 is 29.2 Å². The Morgan fingerprint density at radius 1 is 0.960 bits per heavy atom. The molecular formula is C20H18ClNO3. The van der Waals surface area contributed by atoms with Gasteiger partial charge in [0.2, 0.25) is 0 Å². The summed E-state index contributed by atoms with van der Waals surface area (Å²) in [4.78, 5) is 38.4. The Morgan fingerprint density at radius 2 is 1.48 bits per heavy atom. The lowest BCUT2D eigenvalue weighted by Gasteiger charge is -2.20. The van der Waals surface area contributed by atoms with Crippen LogP contribution in [-0.2, 0) is 6.54 Å². The van der Waals surface area contributed by atoms with Crippen LogP contribution in [0.4, 0.5) is 0 Å². The first kappa shape index (κ1) is 17.4. The van der Waals surface area contributed by atoms with Crippen LogP contribution >= 0.6 is 11.6 Å². The van der Waals surface area contributed by atoms with E-state index in [-0.39, 0.29) is 30.0 Å². The number of ketones is 1. The maximum absolute atomic E-state index is 12.4. The Hall–Kier alpha value is -2.46. The topological polar surface area (TPSA) is 54.5 Å². The van der Waals surface area contributed by atoms with Gasteiger partial charge in [0.05, 0.1) is 17.7 Å². The van der Waals surface area contributed by atoms with E-state index in [1.165, 1.54) is 4.90 Å². The second kappa shape index (κ2) is 6.45. The maximum atomic E-state index is 12.4. The zero-order chi connectivity index (χ0) is 18.2. The smallest absolute Gasteiger partial charge is 0.261 e. The molecule has 0 aliphatic carbocycles. The van der Waals surface area contributed by atoms with Gasteiger partial charge in [0.1, 0.15) is 0 Å². The summed E-state index contributed by atoms with van der Waals surface area (Å²) in [6.45, 7) is 3.78. The van der Waals surface area contributed by atoms with Crippen LogP contribution in [0.2, 0.25) is 0 Å². The standard InChI is InChI=1S/C20H18ClNO3/c1-20(2,12-21)17(23)14-9-7-13(8-10-14)11-22-18(24)15-5-3-4-6-16(15)19(22)25/h3-10H,11-12H2,1-2H3. The Balaban J connectivity index is 1.78. The van der Waals surface area contributed by atoms with Crippen LogP contribution in [0.5, 0.6) is 0 Å². The molecule has 0 N–H and O–H groups in total. The monoisotopic (exact) mass is 355 g/mol. The molecule has 0 aromatic heterocycles. The number of hydrogen-bond donors (Lipinski definition) is 0. The van der Waals surface area contributed by atoms with Crippen molar-refractivity contribution in [2.75, 3.05) is 5.88 Å². The lowest BCUT2D eigenvalue weighted by molar-refractivity contribution is 0.0641. The minimum Gasteiger partial charge on any atom is -0.294 e. The van der Waals surface area contributed by atoms with E-state index in [0.717, 1.165) is 5.56 Å². The van der Waals surface area contributed by atoms with Gasteiger partial charge in [-0.2, -0.15) is 0 Å². The fourth-order valence-corrected chi connectivity index (χ4v) is 2.90. The molecule has 5 heteroatoms. The van der Waals surface area contributed by atoms with Crippen molar-refractivity contribution in [1.29, 1.82) is 0 Å². The summed E-state index contributed by atoms with van der Waals surface area (Å²) >= 11 is 5.86. The summed E-state index contributed by atoms with van der Waals surface area (Å²) in [5, 5.41) is 0. The highest BCUT2D eigenvalue weighted by Crippen LogP contribution is 2.26. The predicted molar refractivity (Wildman–Crippen MR) is 95.9 cm³/mol. The molecule has 1 heterocycles. The van der Waals surface area contributed by atoms with E-state index >= 15 is 0 Å². The molecule has 2 amide bonds. The third-order valence-electron chi connectivity index (χ3n) is 4.38. The van der Waals surface area contributed by atoms with Crippen molar-refractivity contribution in [2.45, 2.75) is 20.4 Å². The average Bonchev–Trinajstić information content (AvgIpc) is 2.87. The number of imide groups is 1. The quantitative estimate of drug-likeness (QED) is 0.464. The first-order valence-electron chi connectivity index (χ1n) is 8.00. The van der Waals surface area contributed by atoms with E-state index in [9.17, 15) is 14.4 Å². The van der Waals surface area contributed by atoms with Crippen LogP contribution < -0.4 is 0 Å². The summed E-state index contributed by atoms with van der Waals surface area (Å²) in [6.07, 6.45) is 0. The zero-order valence-corrected chi connectivity index (χ0v) is 14.8. The van der Waals surface area contributed by atoms with E-state index < -0.39 is 5.41 Å². The molecule has 128 valence electrons. The number of carbonyl (C=O) groups is 3. The summed E-state index contributed by atoms with van der Waals surface area (Å²) in [5.74, 6) is -0.370. The number of Topliss-reactive ketones (excluding diaryl/α,β-unsaturated/α-hetero) is 1. The SMILES string of the molecule is CC(C)(CCl)C(=O)c1ccc(CN2C(=O)c3ccccc3C2=O)cc1. The molecule has 0 radical (unpaired) electrons. The van der Waals surface area contributed by atoms with Crippen LogP contribution in [0.25, 0.3) is 0 Å². The van der Waals surface area contributed by atoms with Gasteiger partial charge in [-0.1, -0.05) is 50.2 Å². The van der Waals surface area contributed by atoms with E-state index in [1.807, 2.05) is 0 Å². The molecule has 0 unspecified atom stereocenters. The first-order chi connectivity index (χ1) is 11.8. The van der Waals surface area contributed by atoms with Gasteiger partial charge >= 0.3 is 0 Å². The second-order valence-corrected chi connectivity index (χ2v) is 7.05. The van der Waals surface area contributed by atoms with Crippen molar-refractivity contribution in [3.8, 4) is 0 Å². The van der Waals surface area contributed by atoms with E-state index in [1.54, 1.807) is 62.4 Å². The molecule has 0 saturated heterocycles. The van der Waals surface area contributed by atoms with Gasteiger partial charge < -0.3 is 0 Å². The number of halogens is 1. The highest BCUT2D eigenvalue weighted by molar-refractivity contribution is 6.21. The van der Waals surface area contributed by atoms with Crippen LogP contribution in [0, 0.1) is 5.41 Å². The van der Waals surface area contributed by atoms with Crippen LogP contribution in [-0.4, -0.2) is 28.4 Å². The van der Waals surface area contributed by atoms with Gasteiger partial charge in [-0.25, -0.2) is 0 Å². The van der Waals surface area contributed by atoms with Gasteiger partial charge in [-0.15, -0.1) is 11.6 Å². The number of carbonyl (C=O) groups excluding carboxylic acids is 3. The van der Waals surface area contributed by atoms with Crippen molar-refractivity contribution in [2.24, 2.45) is 5.41 Å². The predicted octanol–water partition coefficient (Wildman–Crippen LogP) is 3.93. The first-order valence-corrected chi connectivity index (χ1v) is 8.53. The highest BCUT2D eigenvalue weighted by Gasteiger charge is 2.35. The van der Waals surface area contributed by atoms with Crippen LogP contribution in [0.15, 0.2) is 48.5 Å². The average molecular weight is 356 g/mol. The fourth-order valence-electron chi connectivity index (χ4n) is 2.78. The molecule has 0 fully saturated rings. The molecule has 2 aromatic rings. The number of alkyl halides is 1. The molecule has 1 aliphatic heterocycles. The van der Waals surface area contributed by atoms with Gasteiger partial charge in [0.25, 0.3) is 11.8 Å². The van der Waals surface area contributed by atoms with Crippen LogP contribution in [0.1, 0.15) is 50.5 Å². The third kappa shape index (κ3) is 3.10. The molecule has 0 saturated carbocycles. The lowest BCUT2D eigenvalue weighted by atomic mass is 9.86. The Labute approximate surface area is 151 Å². The number of benzene rings is 2. The number of nitrogens with zero attached hydrogens (tertiary/aromatic N) is 1. The Kier molecular flexibility index (Phi) is 4.48. The number of fused-ring (bicyclic) bond motifs is 1. The molecule has 1 aliphatic rings. The van der Waals surface area contributed by atoms with E-state index in [4.69, 9.17) is 11.6 Å². The second-order valence-electron chi connectivity index (χ2n) is 6.79. The zero-order valence-electron chi connectivity index (χ0n) is 14.1. The number of hydrogen-bond acceptors (Lipinski definition) is 3. The Morgan fingerprint density at radius 3 is 1.96 bits per heavy atom. The summed E-state index contributed by atoms with van der Waals surface area (Å²) < 4.78 is 0. The molecule has 4 nitrogen and oxygen atoms in total. The van der Waals surface area contributed by atoms with Gasteiger partial charge in [0.15, 0.2) is 5.78 Å². The van der Waals surface area contributed by atoms with Crippen molar-refractivity contribution in [3.05, 3.63) is 70.8 Å². The molecule has 0 bridgehead atoms.